The SMILES string of the molecule is CCNC(C)c1cnn(Cc2ccc(C(C)C)cc2)c1. The third-order valence-corrected chi connectivity index (χ3v) is 3.65. The van der Waals surface area contributed by atoms with Crippen LogP contribution < -0.4 is 5.32 Å². The minimum atomic E-state index is 0.358. The molecule has 2 rings (SSSR count). The Balaban J connectivity index is 2.03. The molecule has 0 bridgehead atoms. The van der Waals surface area contributed by atoms with Crippen LogP contribution in [-0.2, 0) is 6.54 Å². The zero-order valence-corrected chi connectivity index (χ0v) is 12.9. The van der Waals surface area contributed by atoms with E-state index >= 15 is 0 Å². The molecule has 0 radical (unpaired) electrons. The van der Waals surface area contributed by atoms with Crippen LogP contribution in [0.3, 0.4) is 0 Å². The highest BCUT2D eigenvalue weighted by atomic mass is 15.3. The second-order valence-corrected chi connectivity index (χ2v) is 5.65. The van der Waals surface area contributed by atoms with Gasteiger partial charge < -0.3 is 5.32 Å². The van der Waals surface area contributed by atoms with E-state index in [-0.39, 0.29) is 0 Å². The van der Waals surface area contributed by atoms with Crippen molar-refractivity contribution in [3.8, 4) is 0 Å². The van der Waals surface area contributed by atoms with E-state index in [9.17, 15) is 0 Å². The summed E-state index contributed by atoms with van der Waals surface area (Å²) in [5, 5.41) is 7.85. The van der Waals surface area contributed by atoms with E-state index in [1.807, 2.05) is 10.9 Å². The molecule has 0 amide bonds. The van der Waals surface area contributed by atoms with Gasteiger partial charge in [-0.1, -0.05) is 45.0 Å². The Labute approximate surface area is 122 Å². The van der Waals surface area contributed by atoms with E-state index in [1.165, 1.54) is 16.7 Å². The maximum Gasteiger partial charge on any atom is 0.0659 e. The molecule has 108 valence electrons. The van der Waals surface area contributed by atoms with E-state index in [2.05, 4.69) is 68.6 Å². The van der Waals surface area contributed by atoms with Crippen molar-refractivity contribution < 1.29 is 0 Å². The van der Waals surface area contributed by atoms with Crippen LogP contribution in [0, 0.1) is 0 Å². The standard InChI is InChI=1S/C17H25N3/c1-5-18-14(4)17-10-19-20(12-17)11-15-6-8-16(9-7-15)13(2)3/h6-10,12-14,18H,5,11H2,1-4H3. The van der Waals surface area contributed by atoms with Gasteiger partial charge in [0.05, 0.1) is 12.7 Å². The van der Waals surface area contributed by atoms with Crippen LogP contribution in [0.2, 0.25) is 0 Å². The smallest absolute Gasteiger partial charge is 0.0659 e. The van der Waals surface area contributed by atoms with Gasteiger partial charge in [-0.3, -0.25) is 4.68 Å². The monoisotopic (exact) mass is 271 g/mol. The third kappa shape index (κ3) is 3.70. The van der Waals surface area contributed by atoms with Gasteiger partial charge in [-0.05, 0) is 30.5 Å². The molecule has 0 aliphatic rings. The van der Waals surface area contributed by atoms with Crippen molar-refractivity contribution in [2.75, 3.05) is 6.54 Å². The zero-order chi connectivity index (χ0) is 14.5. The number of nitrogens with zero attached hydrogens (tertiary/aromatic N) is 2. The average molecular weight is 271 g/mol. The molecular formula is C17H25N3. The normalized spacial score (nSPS) is 12.8. The van der Waals surface area contributed by atoms with Crippen molar-refractivity contribution in [2.24, 2.45) is 0 Å². The average Bonchev–Trinajstić information content (AvgIpc) is 2.88. The number of benzene rings is 1. The van der Waals surface area contributed by atoms with Gasteiger partial charge in [0.25, 0.3) is 0 Å². The van der Waals surface area contributed by atoms with Crippen LogP contribution in [0.5, 0.6) is 0 Å². The fourth-order valence-electron chi connectivity index (χ4n) is 2.31. The van der Waals surface area contributed by atoms with Gasteiger partial charge in [-0.2, -0.15) is 5.10 Å². The molecular weight excluding hydrogens is 246 g/mol. The number of hydrogen-bond acceptors (Lipinski definition) is 2. The van der Waals surface area contributed by atoms with Crippen LogP contribution in [0.25, 0.3) is 0 Å². The summed E-state index contributed by atoms with van der Waals surface area (Å²) in [5.74, 6) is 0.585. The lowest BCUT2D eigenvalue weighted by Crippen LogP contribution is -2.17. The van der Waals surface area contributed by atoms with Crippen molar-refractivity contribution in [1.82, 2.24) is 15.1 Å². The topological polar surface area (TPSA) is 29.9 Å². The predicted octanol–water partition coefficient (Wildman–Crippen LogP) is 3.73. The second-order valence-electron chi connectivity index (χ2n) is 5.65. The Hall–Kier alpha value is -1.61. The summed E-state index contributed by atoms with van der Waals surface area (Å²) in [7, 11) is 0. The number of aromatic nitrogens is 2. The van der Waals surface area contributed by atoms with Crippen molar-refractivity contribution in [2.45, 2.75) is 46.2 Å². The van der Waals surface area contributed by atoms with Gasteiger partial charge in [0.1, 0.15) is 0 Å². The van der Waals surface area contributed by atoms with Crippen molar-refractivity contribution in [1.29, 1.82) is 0 Å². The lowest BCUT2D eigenvalue weighted by atomic mass is 10.0. The molecule has 1 aromatic heterocycles. The fraction of sp³-hybridized carbons (Fsp3) is 0.471. The lowest BCUT2D eigenvalue weighted by Gasteiger charge is -2.09. The summed E-state index contributed by atoms with van der Waals surface area (Å²) in [6.45, 7) is 10.5. The van der Waals surface area contributed by atoms with Crippen LogP contribution in [-0.4, -0.2) is 16.3 Å². The first-order valence-electron chi connectivity index (χ1n) is 7.44. The molecule has 0 fully saturated rings. The number of rotatable bonds is 6. The van der Waals surface area contributed by atoms with Crippen molar-refractivity contribution in [3.63, 3.8) is 0 Å². The van der Waals surface area contributed by atoms with E-state index in [0.717, 1.165) is 13.1 Å². The molecule has 0 saturated heterocycles. The Morgan fingerprint density at radius 2 is 1.80 bits per heavy atom. The summed E-state index contributed by atoms with van der Waals surface area (Å²) in [6.07, 6.45) is 4.08. The molecule has 1 atom stereocenters. The molecule has 1 heterocycles. The van der Waals surface area contributed by atoms with E-state index in [0.29, 0.717) is 12.0 Å². The highest BCUT2D eigenvalue weighted by molar-refractivity contribution is 5.25. The Bertz CT molecular complexity index is 525. The van der Waals surface area contributed by atoms with Gasteiger partial charge in [0, 0.05) is 17.8 Å². The zero-order valence-electron chi connectivity index (χ0n) is 12.9. The first-order valence-corrected chi connectivity index (χ1v) is 7.44. The summed E-state index contributed by atoms with van der Waals surface area (Å²) in [5.41, 5.74) is 3.92. The Morgan fingerprint density at radius 1 is 1.10 bits per heavy atom. The van der Waals surface area contributed by atoms with Gasteiger partial charge in [-0.15, -0.1) is 0 Å². The van der Waals surface area contributed by atoms with E-state index in [4.69, 9.17) is 0 Å². The van der Waals surface area contributed by atoms with Gasteiger partial charge in [0.2, 0.25) is 0 Å². The minimum Gasteiger partial charge on any atom is -0.310 e. The molecule has 0 aliphatic heterocycles. The predicted molar refractivity (Wildman–Crippen MR) is 84.0 cm³/mol. The number of hydrogen-bond donors (Lipinski definition) is 1. The maximum atomic E-state index is 4.45. The lowest BCUT2D eigenvalue weighted by molar-refractivity contribution is 0.596. The van der Waals surface area contributed by atoms with Gasteiger partial charge in [0.15, 0.2) is 0 Å². The first-order chi connectivity index (χ1) is 9.60. The molecule has 0 saturated carbocycles. The molecule has 0 spiro atoms. The Kier molecular flexibility index (Phi) is 4.96. The van der Waals surface area contributed by atoms with Gasteiger partial charge >= 0.3 is 0 Å². The molecule has 1 N–H and O–H groups in total. The summed E-state index contributed by atoms with van der Waals surface area (Å²) >= 11 is 0. The molecule has 20 heavy (non-hydrogen) atoms. The quantitative estimate of drug-likeness (QED) is 0.867. The second kappa shape index (κ2) is 6.71. The molecule has 2 aromatic rings. The summed E-state index contributed by atoms with van der Waals surface area (Å²) in [6, 6.07) is 9.18. The van der Waals surface area contributed by atoms with E-state index in [1.54, 1.807) is 0 Å². The van der Waals surface area contributed by atoms with Crippen LogP contribution in [0.4, 0.5) is 0 Å². The van der Waals surface area contributed by atoms with Crippen molar-refractivity contribution >= 4 is 0 Å². The third-order valence-electron chi connectivity index (χ3n) is 3.65. The molecule has 3 nitrogen and oxygen atoms in total. The van der Waals surface area contributed by atoms with Crippen LogP contribution in [0.15, 0.2) is 36.7 Å². The molecule has 1 unspecified atom stereocenters. The highest BCUT2D eigenvalue weighted by Gasteiger charge is 2.07. The van der Waals surface area contributed by atoms with Crippen LogP contribution in [0.1, 0.15) is 56.3 Å². The minimum absolute atomic E-state index is 0.358. The van der Waals surface area contributed by atoms with Gasteiger partial charge in [-0.25, -0.2) is 0 Å². The first kappa shape index (κ1) is 14.8. The summed E-state index contributed by atoms with van der Waals surface area (Å²) in [4.78, 5) is 0. The Morgan fingerprint density at radius 3 is 2.40 bits per heavy atom. The fourth-order valence-corrected chi connectivity index (χ4v) is 2.31. The largest absolute Gasteiger partial charge is 0.310 e. The van der Waals surface area contributed by atoms with E-state index < -0.39 is 0 Å². The highest BCUT2D eigenvalue weighted by Crippen LogP contribution is 2.16. The molecule has 3 heteroatoms. The van der Waals surface area contributed by atoms with Crippen molar-refractivity contribution in [3.05, 3.63) is 53.3 Å². The maximum absolute atomic E-state index is 4.45. The molecule has 0 aliphatic carbocycles. The number of nitrogens with one attached hydrogen (secondary N) is 1. The van der Waals surface area contributed by atoms with Crippen LogP contribution >= 0.6 is 0 Å². The molecule has 1 aromatic carbocycles. The summed E-state index contributed by atoms with van der Waals surface area (Å²) < 4.78 is 2.01.